The summed E-state index contributed by atoms with van der Waals surface area (Å²) in [5.74, 6) is -0.199. The van der Waals surface area contributed by atoms with E-state index in [1.54, 1.807) is 0 Å². The number of aliphatic hydroxyl groups is 8. The maximum atomic E-state index is 13.4. The lowest BCUT2D eigenvalue weighted by atomic mass is 9.97. The molecule has 0 aromatic carbocycles. The average molecular weight is 1420 g/mol. The Hall–Kier alpha value is -2.05. The van der Waals surface area contributed by atoms with Crippen molar-refractivity contribution in [3.05, 3.63) is 48.6 Å². The van der Waals surface area contributed by atoms with Crippen LogP contribution in [0, 0.1) is 0 Å². The van der Waals surface area contributed by atoms with E-state index in [-0.39, 0.29) is 12.5 Å². The van der Waals surface area contributed by atoms with Crippen LogP contribution in [0.1, 0.15) is 399 Å². The highest BCUT2D eigenvalue weighted by molar-refractivity contribution is 5.76. The van der Waals surface area contributed by atoms with Gasteiger partial charge in [0.2, 0.25) is 5.91 Å². The van der Waals surface area contributed by atoms with Crippen molar-refractivity contribution in [1.29, 1.82) is 0 Å². The molecule has 14 heteroatoms. The van der Waals surface area contributed by atoms with E-state index in [1.165, 1.54) is 295 Å². The molecule has 0 bridgehead atoms. The molecule has 2 heterocycles. The summed E-state index contributed by atoms with van der Waals surface area (Å²) in [4.78, 5) is 13.4. The van der Waals surface area contributed by atoms with Crippen LogP contribution < -0.4 is 5.32 Å². The molecule has 0 radical (unpaired) electrons. The quantitative estimate of drug-likeness (QED) is 0.0204. The summed E-state index contributed by atoms with van der Waals surface area (Å²) in [7, 11) is 0. The van der Waals surface area contributed by atoms with Crippen LogP contribution in [0.15, 0.2) is 48.6 Å². The molecule has 2 fully saturated rings. The minimum absolute atomic E-state index is 0.199. The maximum absolute atomic E-state index is 13.4. The first-order chi connectivity index (χ1) is 49.1. The summed E-state index contributed by atoms with van der Waals surface area (Å²) < 4.78 is 23.0. The molecule has 2 rings (SSSR count). The van der Waals surface area contributed by atoms with Gasteiger partial charge in [-0.1, -0.05) is 390 Å². The van der Waals surface area contributed by atoms with Gasteiger partial charge in [0.05, 0.1) is 32.0 Å². The zero-order chi connectivity index (χ0) is 72.2. The number of rotatable bonds is 73. The van der Waals surface area contributed by atoms with Crippen molar-refractivity contribution in [3.63, 3.8) is 0 Å². The molecule has 0 aromatic heterocycles. The Morgan fingerprint density at radius 3 is 1.06 bits per heavy atom. The molecule has 0 saturated carbocycles. The lowest BCUT2D eigenvalue weighted by Gasteiger charge is -2.46. The Balaban J connectivity index is 1.57. The van der Waals surface area contributed by atoms with Gasteiger partial charge in [-0.05, 0) is 51.4 Å². The number of unbranched alkanes of at least 4 members (excludes halogenated alkanes) is 52. The molecule has 0 spiro atoms. The van der Waals surface area contributed by atoms with E-state index in [9.17, 15) is 45.6 Å². The van der Waals surface area contributed by atoms with Crippen molar-refractivity contribution in [1.82, 2.24) is 5.32 Å². The van der Waals surface area contributed by atoms with Crippen molar-refractivity contribution in [2.75, 3.05) is 19.8 Å². The van der Waals surface area contributed by atoms with Crippen LogP contribution in [0.2, 0.25) is 0 Å². The molecule has 588 valence electrons. The summed E-state index contributed by atoms with van der Waals surface area (Å²) in [6.07, 6.45) is 77.4. The molecule has 14 nitrogen and oxygen atoms in total. The van der Waals surface area contributed by atoms with Crippen LogP contribution in [0.25, 0.3) is 0 Å². The highest BCUT2D eigenvalue weighted by Crippen LogP contribution is 2.31. The van der Waals surface area contributed by atoms with Crippen LogP contribution >= 0.6 is 0 Å². The third-order valence-electron chi connectivity index (χ3n) is 21.1. The zero-order valence-corrected chi connectivity index (χ0v) is 64.7. The fourth-order valence-corrected chi connectivity index (χ4v) is 14.4. The minimum atomic E-state index is -1.78. The molecule has 2 aliphatic rings. The Morgan fingerprint density at radius 2 is 0.690 bits per heavy atom. The minimum Gasteiger partial charge on any atom is -0.394 e. The lowest BCUT2D eigenvalue weighted by molar-refractivity contribution is -0.359. The number of carbonyl (C=O) groups is 1. The van der Waals surface area contributed by atoms with Gasteiger partial charge >= 0.3 is 0 Å². The van der Waals surface area contributed by atoms with Crippen LogP contribution in [-0.4, -0.2) is 140 Å². The van der Waals surface area contributed by atoms with Gasteiger partial charge in [-0.25, -0.2) is 0 Å². The first-order valence-corrected chi connectivity index (χ1v) is 42.9. The number of carbonyl (C=O) groups excluding carboxylic acids is 1. The Morgan fingerprint density at radius 1 is 0.370 bits per heavy atom. The van der Waals surface area contributed by atoms with Gasteiger partial charge < -0.3 is 65.1 Å². The fraction of sp³-hybridized carbons (Fsp3) is 0.895. The van der Waals surface area contributed by atoms with E-state index in [0.717, 1.165) is 77.0 Å². The van der Waals surface area contributed by atoms with Gasteiger partial charge in [0.25, 0.3) is 0 Å². The van der Waals surface area contributed by atoms with Crippen molar-refractivity contribution in [3.8, 4) is 0 Å². The second-order valence-corrected chi connectivity index (χ2v) is 30.3. The van der Waals surface area contributed by atoms with Crippen molar-refractivity contribution in [2.45, 2.75) is 473 Å². The number of hydrogen-bond donors (Lipinski definition) is 9. The second-order valence-electron chi connectivity index (χ2n) is 30.3. The number of ether oxygens (including phenoxy) is 4. The van der Waals surface area contributed by atoms with Gasteiger partial charge in [0.15, 0.2) is 12.6 Å². The molecular formula is C86H161NO13. The Kier molecular flexibility index (Phi) is 65.8. The van der Waals surface area contributed by atoms with E-state index >= 15 is 0 Å². The fourth-order valence-electron chi connectivity index (χ4n) is 14.4. The summed E-state index contributed by atoms with van der Waals surface area (Å²) in [6, 6.07) is -0.831. The molecule has 12 atom stereocenters. The molecule has 1 amide bonds. The number of nitrogens with one attached hydrogen (secondary N) is 1. The lowest BCUT2D eigenvalue weighted by Crippen LogP contribution is -2.65. The standard InChI is InChI=1S/C86H161NO13/c1-3-5-7-9-11-13-15-17-19-21-23-25-27-29-31-33-35-37-39-41-43-45-47-49-51-53-55-57-59-61-63-65-67-69-75(90)74(73-97-85-83(96)81(94)84(77(72-89)99-85)100-86-82(95)80(93)79(92)76(71-88)98-86)87-78(91)70-68-66-64-62-60-58-56-54-52-50-48-46-44-42-40-38-36-34-32-30-28-26-24-22-20-18-16-14-12-10-8-6-4-2/h6,8,12,14,18,20,24,26,74-77,79-86,88-90,92-96H,3-5,7,9-11,13,15-17,19,21-23,25,27-73H2,1-2H3,(H,87,91)/b8-6-,14-12-,20-18-,26-24-. The molecule has 0 aromatic rings. The highest BCUT2D eigenvalue weighted by Gasteiger charge is 2.51. The maximum Gasteiger partial charge on any atom is 0.220 e. The molecule has 9 N–H and O–H groups in total. The Bertz CT molecular complexity index is 1870. The van der Waals surface area contributed by atoms with Crippen molar-refractivity contribution < 1.29 is 64.6 Å². The van der Waals surface area contributed by atoms with E-state index in [4.69, 9.17) is 18.9 Å². The molecule has 0 aliphatic carbocycles. The molecule has 2 saturated heterocycles. The van der Waals surface area contributed by atoms with E-state index in [1.807, 2.05) is 0 Å². The monoisotopic (exact) mass is 1420 g/mol. The molecule has 2 aliphatic heterocycles. The number of hydrogen-bond acceptors (Lipinski definition) is 13. The molecule has 12 unspecified atom stereocenters. The predicted octanol–water partition coefficient (Wildman–Crippen LogP) is 20.1. The summed E-state index contributed by atoms with van der Waals surface area (Å²) in [5, 5.41) is 88.0. The van der Waals surface area contributed by atoms with Crippen molar-refractivity contribution in [2.24, 2.45) is 0 Å². The predicted molar refractivity (Wildman–Crippen MR) is 415 cm³/mol. The summed E-state index contributed by atoms with van der Waals surface area (Å²) in [6.45, 7) is 2.82. The largest absolute Gasteiger partial charge is 0.394 e. The van der Waals surface area contributed by atoms with Gasteiger partial charge in [-0.2, -0.15) is 0 Å². The van der Waals surface area contributed by atoms with Gasteiger partial charge in [-0.3, -0.25) is 4.79 Å². The number of amides is 1. The van der Waals surface area contributed by atoms with Gasteiger partial charge in [-0.15, -0.1) is 0 Å². The van der Waals surface area contributed by atoms with Gasteiger partial charge in [0.1, 0.15) is 48.8 Å². The van der Waals surface area contributed by atoms with E-state index in [0.29, 0.717) is 12.8 Å². The first kappa shape index (κ1) is 94.0. The zero-order valence-electron chi connectivity index (χ0n) is 64.7. The van der Waals surface area contributed by atoms with Crippen LogP contribution in [-0.2, 0) is 23.7 Å². The van der Waals surface area contributed by atoms with Crippen LogP contribution in [0.5, 0.6) is 0 Å². The summed E-state index contributed by atoms with van der Waals surface area (Å²) in [5.41, 5.74) is 0. The highest BCUT2D eigenvalue weighted by atomic mass is 16.7. The molecular weight excluding hydrogens is 1250 g/mol. The normalized spacial score (nSPS) is 22.0. The SMILES string of the molecule is CC/C=C\C/C=C\C/C=C\C/C=C\CCCCCCCCCCCCCCCCCCCCCCC(=O)NC(COC1OC(CO)C(OC2OC(CO)C(O)C(O)C2O)C(O)C1O)C(O)CCCCCCCCCCCCCCCCCCCCCCCCCCCCCCCCCCC. The third-order valence-corrected chi connectivity index (χ3v) is 21.1. The van der Waals surface area contributed by atoms with E-state index in [2.05, 4.69) is 67.8 Å². The summed E-state index contributed by atoms with van der Waals surface area (Å²) >= 11 is 0. The second kappa shape index (κ2) is 70.0. The Labute approximate surface area is 614 Å². The van der Waals surface area contributed by atoms with Gasteiger partial charge in [0, 0.05) is 6.42 Å². The van der Waals surface area contributed by atoms with Crippen molar-refractivity contribution >= 4 is 5.91 Å². The van der Waals surface area contributed by atoms with E-state index < -0.39 is 86.8 Å². The van der Waals surface area contributed by atoms with Crippen LogP contribution in [0.3, 0.4) is 0 Å². The topological polar surface area (TPSA) is 228 Å². The third kappa shape index (κ3) is 52.0. The number of aliphatic hydroxyl groups excluding tert-OH is 8. The average Bonchev–Trinajstić information content (AvgIpc) is 0.791. The van der Waals surface area contributed by atoms with Crippen LogP contribution in [0.4, 0.5) is 0 Å². The number of allylic oxidation sites excluding steroid dienone is 8. The first-order valence-electron chi connectivity index (χ1n) is 42.9. The smallest absolute Gasteiger partial charge is 0.220 e. The molecule has 100 heavy (non-hydrogen) atoms.